The third-order valence-electron chi connectivity index (χ3n) is 3.21. The minimum atomic E-state index is -3.97. The standard InChI is InChI=1S/C11H18N4O3S/c1-3-8-10(19(12,17)18)9(14-13-8)11(16)15(2)6-7-4-5-7/h7H,3-6H2,1-2H3,(H,13,14)(H2,12,17,18). The first-order valence-corrected chi connectivity index (χ1v) is 7.74. The molecule has 19 heavy (non-hydrogen) atoms. The van der Waals surface area contributed by atoms with Crippen molar-refractivity contribution in [3.63, 3.8) is 0 Å². The highest BCUT2D eigenvalue weighted by molar-refractivity contribution is 7.89. The Kier molecular flexibility index (Phi) is 3.64. The molecule has 1 amide bonds. The Morgan fingerprint density at radius 1 is 1.53 bits per heavy atom. The predicted molar refractivity (Wildman–Crippen MR) is 69.0 cm³/mol. The number of nitrogens with one attached hydrogen (secondary N) is 1. The number of carbonyl (C=O) groups excluding carboxylic acids is 1. The van der Waals surface area contributed by atoms with Gasteiger partial charge in [-0.15, -0.1) is 0 Å². The first-order chi connectivity index (χ1) is 8.84. The van der Waals surface area contributed by atoms with Gasteiger partial charge in [-0.3, -0.25) is 9.89 Å². The molecule has 8 heteroatoms. The molecule has 1 aromatic rings. The largest absolute Gasteiger partial charge is 0.340 e. The van der Waals surface area contributed by atoms with Crippen LogP contribution in [0, 0.1) is 5.92 Å². The molecule has 0 spiro atoms. The third kappa shape index (κ3) is 2.95. The topological polar surface area (TPSA) is 109 Å². The molecule has 0 unspecified atom stereocenters. The Hall–Kier alpha value is -1.41. The molecule has 0 bridgehead atoms. The zero-order valence-corrected chi connectivity index (χ0v) is 11.8. The molecule has 0 aliphatic heterocycles. The van der Waals surface area contributed by atoms with Crippen molar-refractivity contribution >= 4 is 15.9 Å². The van der Waals surface area contributed by atoms with Gasteiger partial charge in [0.15, 0.2) is 5.69 Å². The van der Waals surface area contributed by atoms with E-state index in [1.165, 1.54) is 4.90 Å². The summed E-state index contributed by atoms with van der Waals surface area (Å²) in [6.45, 7) is 2.39. The predicted octanol–water partition coefficient (Wildman–Crippen LogP) is 0.102. The van der Waals surface area contributed by atoms with Gasteiger partial charge in [-0.25, -0.2) is 13.6 Å². The van der Waals surface area contributed by atoms with Gasteiger partial charge in [-0.1, -0.05) is 6.92 Å². The Labute approximate surface area is 112 Å². The van der Waals surface area contributed by atoms with Crippen LogP contribution >= 0.6 is 0 Å². The lowest BCUT2D eigenvalue weighted by Gasteiger charge is -2.15. The number of primary sulfonamides is 1. The highest BCUT2D eigenvalue weighted by Crippen LogP contribution is 2.30. The van der Waals surface area contributed by atoms with E-state index in [1.807, 2.05) is 0 Å². The zero-order chi connectivity index (χ0) is 14.2. The van der Waals surface area contributed by atoms with E-state index in [9.17, 15) is 13.2 Å². The summed E-state index contributed by atoms with van der Waals surface area (Å²) in [7, 11) is -2.32. The molecule has 1 aliphatic rings. The molecule has 2 rings (SSSR count). The molecule has 0 aromatic carbocycles. The van der Waals surface area contributed by atoms with Crippen LogP contribution in [0.5, 0.6) is 0 Å². The van der Waals surface area contributed by atoms with Gasteiger partial charge in [-0.2, -0.15) is 5.10 Å². The number of nitrogens with two attached hydrogens (primary N) is 1. The van der Waals surface area contributed by atoms with Crippen LogP contribution in [0.3, 0.4) is 0 Å². The van der Waals surface area contributed by atoms with Crippen molar-refractivity contribution in [1.82, 2.24) is 15.1 Å². The molecule has 0 atom stereocenters. The van der Waals surface area contributed by atoms with Gasteiger partial charge in [0.1, 0.15) is 4.90 Å². The van der Waals surface area contributed by atoms with Gasteiger partial charge >= 0.3 is 0 Å². The highest BCUT2D eigenvalue weighted by atomic mass is 32.2. The molecule has 1 aliphatic carbocycles. The minimum absolute atomic E-state index is 0.109. The molecular formula is C11H18N4O3S. The lowest BCUT2D eigenvalue weighted by Crippen LogP contribution is -2.31. The van der Waals surface area contributed by atoms with Crippen LogP contribution in [-0.2, 0) is 16.4 Å². The maximum atomic E-state index is 12.2. The molecule has 1 heterocycles. The quantitative estimate of drug-likeness (QED) is 0.800. The van der Waals surface area contributed by atoms with Gasteiger partial charge in [0, 0.05) is 13.6 Å². The normalized spacial score (nSPS) is 15.5. The molecule has 7 nitrogen and oxygen atoms in total. The van der Waals surface area contributed by atoms with E-state index >= 15 is 0 Å². The van der Waals surface area contributed by atoms with Crippen LogP contribution in [0.15, 0.2) is 4.90 Å². The summed E-state index contributed by atoms with van der Waals surface area (Å²) in [5, 5.41) is 11.6. The molecule has 1 fully saturated rings. The van der Waals surface area contributed by atoms with E-state index in [0.717, 1.165) is 12.8 Å². The number of aromatic amines is 1. The highest BCUT2D eigenvalue weighted by Gasteiger charge is 2.31. The number of sulfonamides is 1. The Bertz CT molecular complexity index is 589. The summed E-state index contributed by atoms with van der Waals surface area (Å²) in [5.74, 6) is 0.114. The SMILES string of the molecule is CCc1[nH]nc(C(=O)N(C)CC2CC2)c1S(N)(=O)=O. The second-order valence-corrected chi connectivity index (χ2v) is 6.41. The van der Waals surface area contributed by atoms with E-state index in [-0.39, 0.29) is 10.6 Å². The van der Waals surface area contributed by atoms with Crippen molar-refractivity contribution in [2.45, 2.75) is 31.1 Å². The maximum absolute atomic E-state index is 12.2. The number of hydrogen-bond acceptors (Lipinski definition) is 4. The molecule has 1 aromatic heterocycles. The van der Waals surface area contributed by atoms with Crippen molar-refractivity contribution in [3.8, 4) is 0 Å². The number of nitrogens with zero attached hydrogens (tertiary/aromatic N) is 2. The molecule has 0 radical (unpaired) electrons. The van der Waals surface area contributed by atoms with Gasteiger partial charge in [0.2, 0.25) is 10.0 Å². The monoisotopic (exact) mass is 286 g/mol. The van der Waals surface area contributed by atoms with Crippen molar-refractivity contribution < 1.29 is 13.2 Å². The third-order valence-corrected chi connectivity index (χ3v) is 4.22. The van der Waals surface area contributed by atoms with Crippen LogP contribution in [0.1, 0.15) is 35.9 Å². The van der Waals surface area contributed by atoms with E-state index in [4.69, 9.17) is 5.14 Å². The van der Waals surface area contributed by atoms with Crippen LogP contribution in [0.25, 0.3) is 0 Å². The number of carbonyl (C=O) groups is 1. The van der Waals surface area contributed by atoms with E-state index in [1.54, 1.807) is 14.0 Å². The second kappa shape index (κ2) is 4.93. The first-order valence-electron chi connectivity index (χ1n) is 6.20. The smallest absolute Gasteiger partial charge is 0.275 e. The lowest BCUT2D eigenvalue weighted by atomic mass is 10.2. The van der Waals surface area contributed by atoms with Gasteiger partial charge < -0.3 is 4.90 Å². The first kappa shape index (κ1) is 14.0. The molecule has 106 valence electrons. The lowest BCUT2D eigenvalue weighted by molar-refractivity contribution is 0.0779. The number of aromatic nitrogens is 2. The van der Waals surface area contributed by atoms with E-state index < -0.39 is 15.9 Å². The van der Waals surface area contributed by atoms with Gasteiger partial charge in [0.05, 0.1) is 5.69 Å². The summed E-state index contributed by atoms with van der Waals surface area (Å²) in [4.78, 5) is 13.6. The molecule has 1 saturated carbocycles. The summed E-state index contributed by atoms with van der Waals surface area (Å²) in [6.07, 6.45) is 2.64. The molecule has 3 N–H and O–H groups in total. The van der Waals surface area contributed by atoms with Crippen molar-refractivity contribution in [3.05, 3.63) is 11.4 Å². The minimum Gasteiger partial charge on any atom is -0.340 e. The van der Waals surface area contributed by atoms with Crippen LogP contribution < -0.4 is 5.14 Å². The number of rotatable bonds is 5. The average molecular weight is 286 g/mol. The number of amides is 1. The van der Waals surface area contributed by atoms with Gasteiger partial charge in [0.25, 0.3) is 5.91 Å². The van der Waals surface area contributed by atoms with Crippen LogP contribution in [0.2, 0.25) is 0 Å². The molecule has 0 saturated heterocycles. The van der Waals surface area contributed by atoms with Crippen LogP contribution in [-0.4, -0.2) is 43.0 Å². The average Bonchev–Trinajstić information content (AvgIpc) is 3.02. The van der Waals surface area contributed by atoms with E-state index in [2.05, 4.69) is 10.2 Å². The summed E-state index contributed by atoms with van der Waals surface area (Å²) < 4.78 is 23.2. The summed E-state index contributed by atoms with van der Waals surface area (Å²) >= 11 is 0. The Morgan fingerprint density at radius 3 is 2.63 bits per heavy atom. The Morgan fingerprint density at radius 2 is 2.16 bits per heavy atom. The Balaban J connectivity index is 2.33. The second-order valence-electron chi connectivity index (χ2n) is 4.91. The number of aryl methyl sites for hydroxylation is 1. The fourth-order valence-electron chi connectivity index (χ4n) is 2.01. The van der Waals surface area contributed by atoms with Crippen molar-refractivity contribution in [2.75, 3.05) is 13.6 Å². The fraction of sp³-hybridized carbons (Fsp3) is 0.636. The zero-order valence-electron chi connectivity index (χ0n) is 11.0. The fourth-order valence-corrected chi connectivity index (χ4v) is 2.95. The number of hydrogen-bond donors (Lipinski definition) is 2. The van der Waals surface area contributed by atoms with Crippen molar-refractivity contribution in [2.24, 2.45) is 11.1 Å². The van der Waals surface area contributed by atoms with Crippen LogP contribution in [0.4, 0.5) is 0 Å². The number of H-pyrrole nitrogens is 1. The summed E-state index contributed by atoms with van der Waals surface area (Å²) in [6, 6.07) is 0. The maximum Gasteiger partial charge on any atom is 0.275 e. The van der Waals surface area contributed by atoms with Gasteiger partial charge in [-0.05, 0) is 25.2 Å². The summed E-state index contributed by atoms with van der Waals surface area (Å²) in [5.41, 5.74) is 0.258. The van der Waals surface area contributed by atoms with E-state index in [0.29, 0.717) is 24.6 Å². The molecular weight excluding hydrogens is 268 g/mol. The van der Waals surface area contributed by atoms with Crippen molar-refractivity contribution in [1.29, 1.82) is 0 Å².